The van der Waals surface area contributed by atoms with E-state index in [1.54, 1.807) is 0 Å². The highest BCUT2D eigenvalue weighted by Gasteiger charge is 1.95. The van der Waals surface area contributed by atoms with Crippen LogP contribution >= 0.6 is 0 Å². The molecule has 0 bridgehead atoms. The minimum atomic E-state index is 1.18. The lowest BCUT2D eigenvalue weighted by atomic mass is 10.0. The van der Waals surface area contributed by atoms with Gasteiger partial charge in [-0.25, -0.2) is 0 Å². The van der Waals surface area contributed by atoms with Crippen LogP contribution in [0.4, 0.5) is 0 Å². The molecule has 0 aromatic heterocycles. The Kier molecular flexibility index (Phi) is 3.93. The van der Waals surface area contributed by atoms with E-state index in [2.05, 4.69) is 56.8 Å². The topological polar surface area (TPSA) is 0 Å². The minimum absolute atomic E-state index is 1.18. The highest BCUT2D eigenvalue weighted by atomic mass is 14.0. The molecule has 0 atom stereocenters. The zero-order chi connectivity index (χ0) is 10.4. The Balaban J connectivity index is 3.02. The van der Waals surface area contributed by atoms with E-state index in [1.165, 1.54) is 16.7 Å². The van der Waals surface area contributed by atoms with Gasteiger partial charge in [0.2, 0.25) is 0 Å². The first kappa shape index (κ1) is 10.5. The lowest BCUT2D eigenvalue weighted by Crippen LogP contribution is -1.80. The van der Waals surface area contributed by atoms with Crippen LogP contribution in [0.25, 0.3) is 5.57 Å². The summed E-state index contributed by atoms with van der Waals surface area (Å²) in [5, 5.41) is 0. The van der Waals surface area contributed by atoms with E-state index >= 15 is 0 Å². The molecule has 0 aliphatic rings. The van der Waals surface area contributed by atoms with Crippen LogP contribution < -0.4 is 0 Å². The maximum Gasteiger partial charge on any atom is -0.0187 e. The molecule has 0 N–H and O–H groups in total. The second-order valence-corrected chi connectivity index (χ2v) is 3.20. The van der Waals surface area contributed by atoms with Crippen LogP contribution in [0.1, 0.15) is 19.4 Å². The second-order valence-electron chi connectivity index (χ2n) is 3.20. The van der Waals surface area contributed by atoms with Gasteiger partial charge >= 0.3 is 0 Å². The zero-order valence-electron chi connectivity index (χ0n) is 8.83. The van der Waals surface area contributed by atoms with Crippen LogP contribution in [0.5, 0.6) is 0 Å². The van der Waals surface area contributed by atoms with Crippen LogP contribution in [-0.2, 0) is 0 Å². The molecular weight excluding hydrogens is 168 g/mol. The lowest BCUT2D eigenvalue weighted by molar-refractivity contribution is 1.51. The largest absolute Gasteiger partial charge is 0.0988 e. The molecule has 0 aliphatic carbocycles. The average molecular weight is 184 g/mol. The van der Waals surface area contributed by atoms with Crippen molar-refractivity contribution >= 4 is 5.57 Å². The third-order valence-electron chi connectivity index (χ3n) is 2.12. The van der Waals surface area contributed by atoms with Crippen LogP contribution in [0.15, 0.2) is 60.7 Å². The summed E-state index contributed by atoms with van der Waals surface area (Å²) in [4.78, 5) is 0. The predicted octanol–water partition coefficient (Wildman–Crippen LogP) is 4.22. The Hall–Kier alpha value is -1.56. The molecule has 0 saturated heterocycles. The van der Waals surface area contributed by atoms with Crippen molar-refractivity contribution in [3.05, 3.63) is 66.3 Å². The molecular formula is C14H16. The van der Waals surface area contributed by atoms with Crippen LogP contribution in [-0.4, -0.2) is 0 Å². The first-order valence-corrected chi connectivity index (χ1v) is 4.80. The van der Waals surface area contributed by atoms with Crippen LogP contribution in [0, 0.1) is 0 Å². The van der Waals surface area contributed by atoms with Gasteiger partial charge in [-0.3, -0.25) is 0 Å². The smallest absolute Gasteiger partial charge is 0.0187 e. The second kappa shape index (κ2) is 5.23. The fourth-order valence-corrected chi connectivity index (χ4v) is 1.27. The molecule has 0 heterocycles. The third kappa shape index (κ3) is 2.74. The summed E-state index contributed by atoms with van der Waals surface area (Å²) in [7, 11) is 0. The highest BCUT2D eigenvalue weighted by Crippen LogP contribution is 2.17. The molecule has 0 aliphatic heterocycles. The molecule has 72 valence electrons. The number of hydrogen-bond donors (Lipinski definition) is 0. The molecule has 0 spiro atoms. The fourth-order valence-electron chi connectivity index (χ4n) is 1.27. The summed E-state index contributed by atoms with van der Waals surface area (Å²) in [5.41, 5.74) is 3.67. The van der Waals surface area contributed by atoms with Gasteiger partial charge in [-0.05, 0) is 25.0 Å². The summed E-state index contributed by atoms with van der Waals surface area (Å²) in [6, 6.07) is 10.4. The normalized spacial score (nSPS) is 12.7. The quantitative estimate of drug-likeness (QED) is 0.617. The molecule has 0 fully saturated rings. The first-order chi connectivity index (χ1) is 6.77. The summed E-state index contributed by atoms with van der Waals surface area (Å²) in [6.07, 6.45) is 6.12. The van der Waals surface area contributed by atoms with Crippen molar-refractivity contribution in [1.29, 1.82) is 0 Å². The maximum absolute atomic E-state index is 3.75. The van der Waals surface area contributed by atoms with Gasteiger partial charge in [-0.1, -0.05) is 60.7 Å². The van der Waals surface area contributed by atoms with Crippen LogP contribution in [0.2, 0.25) is 0 Å². The van der Waals surface area contributed by atoms with E-state index in [4.69, 9.17) is 0 Å². The Morgan fingerprint density at radius 2 is 1.86 bits per heavy atom. The molecule has 0 saturated carbocycles. The van der Waals surface area contributed by atoms with E-state index < -0.39 is 0 Å². The van der Waals surface area contributed by atoms with Crippen molar-refractivity contribution in [2.75, 3.05) is 0 Å². The Morgan fingerprint density at radius 3 is 2.36 bits per heavy atom. The first-order valence-electron chi connectivity index (χ1n) is 4.80. The number of benzene rings is 1. The molecule has 0 amide bonds. The van der Waals surface area contributed by atoms with Gasteiger partial charge in [0, 0.05) is 0 Å². The molecule has 0 radical (unpaired) electrons. The SMILES string of the molecule is C=C/C(C)=C\C(=C/C)c1ccccc1. The Morgan fingerprint density at radius 1 is 1.21 bits per heavy atom. The predicted molar refractivity (Wildman–Crippen MR) is 64.0 cm³/mol. The average Bonchev–Trinajstić information content (AvgIpc) is 2.26. The van der Waals surface area contributed by atoms with E-state index in [0.29, 0.717) is 0 Å². The Bertz CT molecular complexity index is 353. The van der Waals surface area contributed by atoms with Crippen molar-refractivity contribution in [1.82, 2.24) is 0 Å². The monoisotopic (exact) mass is 184 g/mol. The summed E-state index contributed by atoms with van der Waals surface area (Å²) in [6.45, 7) is 7.85. The lowest BCUT2D eigenvalue weighted by Gasteiger charge is -2.02. The van der Waals surface area contributed by atoms with Crippen molar-refractivity contribution < 1.29 is 0 Å². The summed E-state index contributed by atoms with van der Waals surface area (Å²) < 4.78 is 0. The molecule has 0 nitrogen and oxygen atoms in total. The van der Waals surface area contributed by atoms with Gasteiger partial charge in [0.15, 0.2) is 0 Å². The summed E-state index contributed by atoms with van der Waals surface area (Å²) in [5.74, 6) is 0. The van der Waals surface area contributed by atoms with Gasteiger partial charge in [0.1, 0.15) is 0 Å². The van der Waals surface area contributed by atoms with E-state index in [-0.39, 0.29) is 0 Å². The van der Waals surface area contributed by atoms with E-state index in [0.717, 1.165) is 0 Å². The maximum atomic E-state index is 3.75. The Labute approximate surface area is 86.3 Å². The standard InChI is InChI=1S/C14H16/c1-4-12(3)11-13(5-2)14-9-7-6-8-10-14/h4-11H,1H2,2-3H3/b12-11-,13-5+. The van der Waals surface area contributed by atoms with Gasteiger partial charge < -0.3 is 0 Å². The molecule has 0 heteroatoms. The van der Waals surface area contributed by atoms with Gasteiger partial charge in [0.05, 0.1) is 0 Å². The molecule has 1 aromatic carbocycles. The molecule has 1 aromatic rings. The van der Waals surface area contributed by atoms with Gasteiger partial charge in [0.25, 0.3) is 0 Å². The summed E-state index contributed by atoms with van der Waals surface area (Å²) >= 11 is 0. The molecule has 1 rings (SSSR count). The van der Waals surface area contributed by atoms with Crippen molar-refractivity contribution in [3.8, 4) is 0 Å². The van der Waals surface area contributed by atoms with Gasteiger partial charge in [-0.2, -0.15) is 0 Å². The fraction of sp³-hybridized carbons (Fsp3) is 0.143. The molecule has 14 heavy (non-hydrogen) atoms. The van der Waals surface area contributed by atoms with E-state index in [1.807, 2.05) is 12.1 Å². The minimum Gasteiger partial charge on any atom is -0.0988 e. The zero-order valence-corrected chi connectivity index (χ0v) is 8.83. The number of hydrogen-bond acceptors (Lipinski definition) is 0. The molecule has 0 unspecified atom stereocenters. The van der Waals surface area contributed by atoms with Crippen molar-refractivity contribution in [2.24, 2.45) is 0 Å². The van der Waals surface area contributed by atoms with E-state index in [9.17, 15) is 0 Å². The van der Waals surface area contributed by atoms with Crippen molar-refractivity contribution in [2.45, 2.75) is 13.8 Å². The van der Waals surface area contributed by atoms with Crippen LogP contribution in [0.3, 0.4) is 0 Å². The van der Waals surface area contributed by atoms with Gasteiger partial charge in [-0.15, -0.1) is 0 Å². The number of rotatable bonds is 3. The highest BCUT2D eigenvalue weighted by molar-refractivity contribution is 5.74. The third-order valence-corrected chi connectivity index (χ3v) is 2.12. The van der Waals surface area contributed by atoms with Crippen molar-refractivity contribution in [3.63, 3.8) is 0 Å². The number of allylic oxidation sites excluding steroid dienone is 5.